The third-order valence-corrected chi connectivity index (χ3v) is 11.4. The monoisotopic (exact) mass is 702 g/mol. The van der Waals surface area contributed by atoms with E-state index < -0.39 is 0 Å². The first-order chi connectivity index (χ1) is 27.3. The molecule has 2 aliphatic rings. The molecule has 0 fully saturated rings. The maximum Gasteiger partial charge on any atom is 0.340 e. The van der Waals surface area contributed by atoms with Gasteiger partial charge in [0.05, 0.1) is 39.1 Å². The molecule has 4 heterocycles. The number of hydrogen-bond donors (Lipinski definition) is 0. The molecular formula is C49H31BN4O. The Morgan fingerprint density at radius 2 is 1.07 bits per heavy atom. The summed E-state index contributed by atoms with van der Waals surface area (Å²) in [5.74, 6) is 2.56. The minimum absolute atomic E-state index is 0.162. The molecule has 12 rings (SSSR count). The highest BCUT2D eigenvalue weighted by atomic mass is 16.5. The minimum atomic E-state index is -0.162. The number of aromatic nitrogens is 3. The fourth-order valence-corrected chi connectivity index (χ4v) is 9.07. The van der Waals surface area contributed by atoms with Gasteiger partial charge < -0.3 is 13.8 Å². The van der Waals surface area contributed by atoms with E-state index in [4.69, 9.17) is 9.72 Å². The highest BCUT2D eigenvalue weighted by molar-refractivity contribution is 6.88. The van der Waals surface area contributed by atoms with Crippen molar-refractivity contribution >= 4 is 67.9 Å². The summed E-state index contributed by atoms with van der Waals surface area (Å²) < 4.78 is 11.8. The molecule has 55 heavy (non-hydrogen) atoms. The third kappa shape index (κ3) is 4.33. The summed E-state index contributed by atoms with van der Waals surface area (Å²) in [7, 11) is 0. The molecule has 5 nitrogen and oxygen atoms in total. The smallest absolute Gasteiger partial charge is 0.340 e. The average Bonchev–Trinajstić information content (AvgIpc) is 3.80. The Hall–Kier alpha value is -7.31. The summed E-state index contributed by atoms with van der Waals surface area (Å²) in [6.45, 7) is -0.162. The van der Waals surface area contributed by atoms with Crippen LogP contribution in [0.25, 0.3) is 60.8 Å². The summed E-state index contributed by atoms with van der Waals surface area (Å²) in [4.78, 5) is 7.95. The lowest BCUT2D eigenvalue weighted by Crippen LogP contribution is -2.56. The standard InChI is InChI=1S/C49H31BN4O/c1-3-16-32(17-4-1)35-22-15-23-36(33-18-5-2-6-19-33)48(35)53-44-30-34(52-41-26-11-7-20-37(41)38-21-8-12-27-42(38)52)31-46-47(44)50(39-24-9-14-29-45(39)55-46)54-43-28-13-10-25-40(43)51-49(53)54/h1-31H. The van der Waals surface area contributed by atoms with Crippen molar-refractivity contribution in [1.29, 1.82) is 0 Å². The minimum Gasteiger partial charge on any atom is -0.458 e. The van der Waals surface area contributed by atoms with Crippen molar-refractivity contribution in [2.24, 2.45) is 0 Å². The highest BCUT2D eigenvalue weighted by Crippen LogP contribution is 2.50. The molecule has 0 bridgehead atoms. The number of rotatable bonds is 4. The van der Waals surface area contributed by atoms with Gasteiger partial charge in [0.15, 0.2) is 0 Å². The molecule has 0 spiro atoms. The van der Waals surface area contributed by atoms with Crippen molar-refractivity contribution in [2.45, 2.75) is 0 Å². The number of anilines is 3. The first-order valence-corrected chi connectivity index (χ1v) is 18.8. The van der Waals surface area contributed by atoms with Crippen LogP contribution < -0.4 is 20.6 Å². The number of fused-ring (bicyclic) bond motifs is 9. The Morgan fingerprint density at radius 3 is 1.76 bits per heavy atom. The molecule has 0 radical (unpaired) electrons. The van der Waals surface area contributed by atoms with E-state index in [2.05, 4.69) is 202 Å². The lowest BCUT2D eigenvalue weighted by atomic mass is 9.47. The van der Waals surface area contributed by atoms with E-state index in [1.165, 1.54) is 10.8 Å². The van der Waals surface area contributed by atoms with E-state index in [0.717, 1.165) is 89.8 Å². The zero-order valence-electron chi connectivity index (χ0n) is 29.7. The number of ether oxygens (including phenoxy) is 1. The number of hydrogen-bond acceptors (Lipinski definition) is 3. The lowest BCUT2D eigenvalue weighted by molar-refractivity contribution is 0.486. The number of para-hydroxylation sites is 6. The third-order valence-electron chi connectivity index (χ3n) is 11.4. The van der Waals surface area contributed by atoms with Crippen molar-refractivity contribution in [3.8, 4) is 39.4 Å². The molecule has 0 atom stereocenters. The van der Waals surface area contributed by atoms with E-state index >= 15 is 0 Å². The van der Waals surface area contributed by atoms with Crippen LogP contribution in [0.4, 0.5) is 17.3 Å². The van der Waals surface area contributed by atoms with Gasteiger partial charge in [-0.1, -0.05) is 146 Å². The molecule has 0 N–H and O–H groups in total. The van der Waals surface area contributed by atoms with Crippen molar-refractivity contribution < 1.29 is 4.74 Å². The highest BCUT2D eigenvalue weighted by Gasteiger charge is 2.45. The lowest BCUT2D eigenvalue weighted by Gasteiger charge is -2.40. The van der Waals surface area contributed by atoms with Crippen molar-refractivity contribution in [3.63, 3.8) is 0 Å². The average molecular weight is 703 g/mol. The normalized spacial score (nSPS) is 12.8. The Labute approximate surface area is 318 Å². The fourth-order valence-electron chi connectivity index (χ4n) is 9.07. The Kier molecular flexibility index (Phi) is 6.36. The molecular weight excluding hydrogens is 671 g/mol. The van der Waals surface area contributed by atoms with Gasteiger partial charge in [-0.05, 0) is 53.0 Å². The molecule has 0 unspecified atom stereocenters. The zero-order valence-corrected chi connectivity index (χ0v) is 29.7. The van der Waals surface area contributed by atoms with Crippen LogP contribution in [0.5, 0.6) is 11.5 Å². The molecule has 2 aliphatic heterocycles. The van der Waals surface area contributed by atoms with Crippen LogP contribution in [0.3, 0.4) is 0 Å². The molecule has 256 valence electrons. The largest absolute Gasteiger partial charge is 0.458 e. The van der Waals surface area contributed by atoms with Crippen LogP contribution >= 0.6 is 0 Å². The molecule has 2 aromatic heterocycles. The fraction of sp³-hybridized carbons (Fsp3) is 0. The van der Waals surface area contributed by atoms with Gasteiger partial charge in [-0.2, -0.15) is 0 Å². The van der Waals surface area contributed by atoms with Crippen LogP contribution in [-0.4, -0.2) is 20.9 Å². The van der Waals surface area contributed by atoms with Gasteiger partial charge >= 0.3 is 6.85 Å². The van der Waals surface area contributed by atoms with Crippen LogP contribution in [0.1, 0.15) is 0 Å². The summed E-state index contributed by atoms with van der Waals surface area (Å²) in [6, 6.07) is 67.0. The molecule has 0 saturated heterocycles. The number of benzene rings is 8. The number of nitrogens with zero attached hydrogens (tertiary/aromatic N) is 4. The molecule has 10 aromatic rings. The quantitative estimate of drug-likeness (QED) is 0.171. The van der Waals surface area contributed by atoms with Crippen LogP contribution in [-0.2, 0) is 0 Å². The first-order valence-electron chi connectivity index (χ1n) is 18.8. The first kappa shape index (κ1) is 30.2. The zero-order chi connectivity index (χ0) is 36.0. The predicted molar refractivity (Wildman–Crippen MR) is 227 cm³/mol. The van der Waals surface area contributed by atoms with Crippen LogP contribution in [0.15, 0.2) is 188 Å². The van der Waals surface area contributed by atoms with Gasteiger partial charge in [0.1, 0.15) is 11.5 Å². The van der Waals surface area contributed by atoms with E-state index in [0.29, 0.717) is 0 Å². The van der Waals surface area contributed by atoms with Gasteiger partial charge in [0.25, 0.3) is 0 Å². The predicted octanol–water partition coefficient (Wildman–Crippen LogP) is 11.0. The second kappa shape index (κ2) is 11.6. The van der Waals surface area contributed by atoms with E-state index in [9.17, 15) is 0 Å². The Bertz CT molecular complexity index is 3040. The van der Waals surface area contributed by atoms with Gasteiger partial charge in [-0.15, -0.1) is 0 Å². The van der Waals surface area contributed by atoms with Crippen molar-refractivity contribution in [1.82, 2.24) is 14.0 Å². The summed E-state index contributed by atoms with van der Waals surface area (Å²) in [5.41, 5.74) is 14.2. The number of imidazole rings is 1. The maximum atomic E-state index is 7.03. The second-order valence-corrected chi connectivity index (χ2v) is 14.3. The summed E-state index contributed by atoms with van der Waals surface area (Å²) in [5, 5.41) is 2.43. The van der Waals surface area contributed by atoms with Gasteiger partial charge in [-0.3, -0.25) is 4.90 Å². The Balaban J connectivity index is 1.25. The van der Waals surface area contributed by atoms with E-state index in [1.54, 1.807) is 0 Å². The van der Waals surface area contributed by atoms with Crippen LogP contribution in [0.2, 0.25) is 0 Å². The van der Waals surface area contributed by atoms with Gasteiger partial charge in [0, 0.05) is 33.4 Å². The van der Waals surface area contributed by atoms with Crippen molar-refractivity contribution in [2.75, 3.05) is 4.90 Å². The Morgan fingerprint density at radius 1 is 0.491 bits per heavy atom. The molecule has 0 saturated carbocycles. The van der Waals surface area contributed by atoms with Gasteiger partial charge in [0.2, 0.25) is 5.95 Å². The van der Waals surface area contributed by atoms with Gasteiger partial charge in [-0.25, -0.2) is 4.98 Å². The summed E-state index contributed by atoms with van der Waals surface area (Å²) >= 11 is 0. The second-order valence-electron chi connectivity index (χ2n) is 14.3. The molecule has 0 aliphatic carbocycles. The SMILES string of the molecule is c1ccc(-c2cccc(-c3ccccc3)c2N2c3cc(-n4c5ccccc5c5ccccc54)cc4c3B(c3ccccc3O4)n3c2nc2ccccc23)cc1. The van der Waals surface area contributed by atoms with Crippen molar-refractivity contribution in [3.05, 3.63) is 188 Å². The molecule has 8 aromatic carbocycles. The maximum absolute atomic E-state index is 7.03. The summed E-state index contributed by atoms with van der Waals surface area (Å²) in [6.07, 6.45) is 0. The van der Waals surface area contributed by atoms with E-state index in [-0.39, 0.29) is 6.85 Å². The topological polar surface area (TPSA) is 35.2 Å². The molecule has 0 amide bonds. The van der Waals surface area contributed by atoms with Crippen LogP contribution in [0, 0.1) is 0 Å². The van der Waals surface area contributed by atoms with E-state index in [1.807, 2.05) is 0 Å². The molecule has 6 heteroatoms.